The number of nitrogens with zero attached hydrogens (tertiary/aromatic N) is 1. The van der Waals surface area contributed by atoms with Crippen molar-refractivity contribution in [3.05, 3.63) is 60.2 Å². The second-order valence-electron chi connectivity index (χ2n) is 6.64. The van der Waals surface area contributed by atoms with Crippen molar-refractivity contribution in [1.29, 1.82) is 0 Å². The van der Waals surface area contributed by atoms with Gasteiger partial charge in [0.15, 0.2) is 11.6 Å². The van der Waals surface area contributed by atoms with Gasteiger partial charge in [0.05, 0.1) is 11.1 Å². The summed E-state index contributed by atoms with van der Waals surface area (Å²) in [5.41, 5.74) is -5.83. The van der Waals surface area contributed by atoms with E-state index >= 15 is 4.39 Å². The molecule has 0 fully saturated rings. The molecule has 0 unspecified atom stereocenters. The first-order chi connectivity index (χ1) is 14.6. The largest absolute Gasteiger partial charge is 0.534 e. The molecule has 0 aliphatic carbocycles. The second kappa shape index (κ2) is 6.27. The fourth-order valence-corrected chi connectivity index (χ4v) is 3.90. The topological polar surface area (TPSA) is 65.5 Å². The van der Waals surface area contributed by atoms with E-state index in [1.807, 2.05) is 0 Å². The molecule has 1 aromatic heterocycles. The van der Waals surface area contributed by atoms with E-state index in [2.05, 4.69) is 9.17 Å². The SMILES string of the molecule is O=S(=O)(Oc1ccc2c(nc3c4c(cccc42)Oc2ccc(F)cc2-3)c1F)C(F)(F)F. The minimum absolute atomic E-state index is 0.133. The van der Waals surface area contributed by atoms with Crippen molar-refractivity contribution in [2.75, 3.05) is 0 Å². The molecule has 5 nitrogen and oxygen atoms in total. The summed E-state index contributed by atoms with van der Waals surface area (Å²) in [6.45, 7) is 0. The maximum Gasteiger partial charge on any atom is 0.534 e. The van der Waals surface area contributed by atoms with Crippen LogP contribution in [0.1, 0.15) is 0 Å². The molecule has 158 valence electrons. The van der Waals surface area contributed by atoms with Crippen molar-refractivity contribution in [3.63, 3.8) is 0 Å². The van der Waals surface area contributed by atoms with Crippen LogP contribution in [0.3, 0.4) is 0 Å². The number of fused-ring (bicyclic) bond motifs is 4. The molecule has 4 aromatic rings. The Morgan fingerprint density at radius 2 is 1.71 bits per heavy atom. The van der Waals surface area contributed by atoms with Crippen LogP contribution in [-0.2, 0) is 10.1 Å². The molecular formula is C20H8F5NO4S. The molecule has 0 bridgehead atoms. The Morgan fingerprint density at radius 3 is 2.45 bits per heavy atom. The number of aromatic nitrogens is 1. The Labute approximate surface area is 170 Å². The Hall–Kier alpha value is -3.47. The highest BCUT2D eigenvalue weighted by molar-refractivity contribution is 7.88. The van der Waals surface area contributed by atoms with E-state index in [-0.39, 0.29) is 22.4 Å². The average molecular weight is 453 g/mol. The van der Waals surface area contributed by atoms with E-state index in [1.165, 1.54) is 18.2 Å². The normalized spacial score (nSPS) is 13.2. The quantitative estimate of drug-likeness (QED) is 0.149. The van der Waals surface area contributed by atoms with Crippen LogP contribution < -0.4 is 8.92 Å². The fourth-order valence-electron chi connectivity index (χ4n) is 3.44. The van der Waals surface area contributed by atoms with E-state index in [1.54, 1.807) is 18.2 Å². The first-order valence-corrected chi connectivity index (χ1v) is 10.0. The maximum absolute atomic E-state index is 15.1. The zero-order chi connectivity index (χ0) is 22.1. The lowest BCUT2D eigenvalue weighted by molar-refractivity contribution is -0.0500. The van der Waals surface area contributed by atoms with Crippen LogP contribution in [0.25, 0.3) is 32.9 Å². The van der Waals surface area contributed by atoms with Crippen LogP contribution in [0.5, 0.6) is 17.2 Å². The molecule has 2 heterocycles. The van der Waals surface area contributed by atoms with Crippen molar-refractivity contribution in [3.8, 4) is 28.5 Å². The molecule has 31 heavy (non-hydrogen) atoms. The molecule has 0 saturated heterocycles. The van der Waals surface area contributed by atoms with Gasteiger partial charge in [-0.15, -0.1) is 0 Å². The summed E-state index contributed by atoms with van der Waals surface area (Å²) in [6, 6.07) is 10.5. The summed E-state index contributed by atoms with van der Waals surface area (Å²) >= 11 is 0. The second-order valence-corrected chi connectivity index (χ2v) is 8.18. The Balaban J connectivity index is 1.82. The standard InChI is InChI=1S/C20H8F5NO4S/c21-9-4-6-13-12(8-9)18-16-10(2-1-3-14(16)29-13)11-5-7-15(17(22)19(11)26-18)30-31(27,28)20(23,24)25/h1-8H. The van der Waals surface area contributed by atoms with Gasteiger partial charge in [-0.25, -0.2) is 13.8 Å². The van der Waals surface area contributed by atoms with E-state index in [0.29, 0.717) is 16.5 Å². The minimum Gasteiger partial charge on any atom is -0.456 e. The van der Waals surface area contributed by atoms with E-state index < -0.39 is 38.5 Å². The molecule has 0 N–H and O–H groups in total. The Kier molecular flexibility index (Phi) is 3.94. The molecule has 0 radical (unpaired) electrons. The van der Waals surface area contributed by atoms with Crippen LogP contribution in [0.15, 0.2) is 48.5 Å². The third-order valence-corrected chi connectivity index (χ3v) is 5.72. The van der Waals surface area contributed by atoms with Gasteiger partial charge in [-0.2, -0.15) is 21.6 Å². The lowest BCUT2D eigenvalue weighted by atomic mass is 9.96. The van der Waals surface area contributed by atoms with Gasteiger partial charge >= 0.3 is 15.6 Å². The molecule has 0 saturated carbocycles. The number of pyridine rings is 1. The number of halogens is 5. The molecule has 11 heteroatoms. The lowest BCUT2D eigenvalue weighted by Gasteiger charge is -2.21. The Morgan fingerprint density at radius 1 is 0.935 bits per heavy atom. The highest BCUT2D eigenvalue weighted by Crippen LogP contribution is 2.48. The first-order valence-electron chi connectivity index (χ1n) is 8.60. The maximum atomic E-state index is 15.1. The number of hydrogen-bond acceptors (Lipinski definition) is 5. The number of alkyl halides is 3. The van der Waals surface area contributed by atoms with Gasteiger partial charge in [0.1, 0.15) is 22.8 Å². The molecule has 0 amide bonds. The smallest absolute Gasteiger partial charge is 0.456 e. The van der Waals surface area contributed by atoms with Crippen LogP contribution in [0.2, 0.25) is 0 Å². The van der Waals surface area contributed by atoms with Gasteiger partial charge in [0.2, 0.25) is 0 Å². The fraction of sp³-hybridized carbons (Fsp3) is 0.0500. The number of benzene rings is 3. The third-order valence-electron chi connectivity index (χ3n) is 4.76. The van der Waals surface area contributed by atoms with Gasteiger partial charge < -0.3 is 8.92 Å². The summed E-state index contributed by atoms with van der Waals surface area (Å²) in [5.74, 6) is -2.54. The van der Waals surface area contributed by atoms with E-state index in [9.17, 15) is 26.0 Å². The van der Waals surface area contributed by atoms with Crippen molar-refractivity contribution < 1.29 is 39.3 Å². The van der Waals surface area contributed by atoms with Crippen molar-refractivity contribution >= 4 is 31.8 Å². The van der Waals surface area contributed by atoms with Crippen LogP contribution in [0.4, 0.5) is 22.0 Å². The molecular weight excluding hydrogens is 445 g/mol. The monoisotopic (exact) mass is 453 g/mol. The van der Waals surface area contributed by atoms with Gasteiger partial charge in [-0.3, -0.25) is 0 Å². The lowest BCUT2D eigenvalue weighted by Crippen LogP contribution is -2.28. The predicted molar refractivity (Wildman–Crippen MR) is 100 cm³/mol. The Bertz CT molecular complexity index is 1520. The molecule has 0 spiro atoms. The van der Waals surface area contributed by atoms with Crippen LogP contribution in [0, 0.1) is 11.6 Å². The van der Waals surface area contributed by atoms with Crippen LogP contribution >= 0.6 is 0 Å². The van der Waals surface area contributed by atoms with E-state index in [0.717, 1.165) is 12.1 Å². The summed E-state index contributed by atoms with van der Waals surface area (Å²) in [7, 11) is -6.09. The van der Waals surface area contributed by atoms with Crippen molar-refractivity contribution in [1.82, 2.24) is 4.98 Å². The summed E-state index contributed by atoms with van der Waals surface area (Å²) in [6.07, 6.45) is 0. The van der Waals surface area contributed by atoms with Crippen molar-refractivity contribution in [2.24, 2.45) is 0 Å². The summed E-state index contributed by atoms with van der Waals surface area (Å²) in [5, 5.41) is 1.05. The van der Waals surface area contributed by atoms with Gasteiger partial charge in [-0.05, 0) is 41.8 Å². The number of hydrogen-bond donors (Lipinski definition) is 0. The molecule has 1 aliphatic heterocycles. The number of rotatable bonds is 2. The number of ether oxygens (including phenoxy) is 1. The highest BCUT2D eigenvalue weighted by Gasteiger charge is 2.49. The molecule has 1 aliphatic rings. The van der Waals surface area contributed by atoms with Crippen molar-refractivity contribution in [2.45, 2.75) is 5.51 Å². The summed E-state index contributed by atoms with van der Waals surface area (Å²) < 4.78 is 99.2. The van der Waals surface area contributed by atoms with Crippen LogP contribution in [-0.4, -0.2) is 18.9 Å². The minimum atomic E-state index is -6.09. The third kappa shape index (κ3) is 2.87. The predicted octanol–water partition coefficient (Wildman–Crippen LogP) is 5.67. The highest BCUT2D eigenvalue weighted by atomic mass is 32.2. The zero-order valence-electron chi connectivity index (χ0n) is 15.0. The molecule has 3 aromatic carbocycles. The van der Waals surface area contributed by atoms with Gasteiger partial charge in [-0.1, -0.05) is 12.1 Å². The average Bonchev–Trinajstić information content (AvgIpc) is 2.70. The molecule has 0 atom stereocenters. The zero-order valence-corrected chi connectivity index (χ0v) is 15.8. The first kappa shape index (κ1) is 19.5. The van der Waals surface area contributed by atoms with E-state index in [4.69, 9.17) is 4.74 Å². The van der Waals surface area contributed by atoms with Gasteiger partial charge in [0.25, 0.3) is 0 Å². The summed E-state index contributed by atoms with van der Waals surface area (Å²) in [4.78, 5) is 4.19. The molecule has 5 rings (SSSR count). The van der Waals surface area contributed by atoms with Gasteiger partial charge in [0, 0.05) is 10.9 Å².